The van der Waals surface area contributed by atoms with Crippen LogP contribution >= 0.6 is 0 Å². The molecular weight excluding hydrogens is 265 g/mol. The zero-order valence-corrected chi connectivity index (χ0v) is 12.8. The molecule has 0 aliphatic carbocycles. The van der Waals surface area contributed by atoms with Crippen molar-refractivity contribution in [1.82, 2.24) is 5.32 Å². The van der Waals surface area contributed by atoms with Gasteiger partial charge in [-0.05, 0) is 61.3 Å². The van der Waals surface area contributed by atoms with E-state index in [9.17, 15) is 4.39 Å². The molecule has 0 radical (unpaired) electrons. The Morgan fingerprint density at radius 3 is 2.48 bits per heavy atom. The Morgan fingerprint density at radius 2 is 1.86 bits per heavy atom. The van der Waals surface area contributed by atoms with E-state index in [1.54, 1.807) is 6.07 Å². The highest BCUT2D eigenvalue weighted by atomic mass is 19.1. The van der Waals surface area contributed by atoms with Crippen LogP contribution in [0.25, 0.3) is 0 Å². The molecule has 112 valence electrons. The Morgan fingerprint density at radius 1 is 1.14 bits per heavy atom. The first-order valence-corrected chi connectivity index (χ1v) is 7.31. The normalized spacial score (nSPS) is 12.2. The molecule has 2 rings (SSSR count). The molecule has 0 saturated carbocycles. The van der Waals surface area contributed by atoms with Crippen LogP contribution in [0, 0.1) is 12.7 Å². The lowest BCUT2D eigenvalue weighted by atomic mass is 9.95. The first-order valence-electron chi connectivity index (χ1n) is 7.31. The third-order valence-corrected chi connectivity index (χ3v) is 3.53. The number of hydrogen-bond donors (Lipinski definition) is 1. The fraction of sp³-hybridized carbons (Fsp3) is 0.333. The van der Waals surface area contributed by atoms with Crippen molar-refractivity contribution < 1.29 is 9.13 Å². The Balaban J connectivity index is 2.26. The summed E-state index contributed by atoms with van der Waals surface area (Å²) < 4.78 is 19.1. The molecule has 0 amide bonds. The molecule has 1 atom stereocenters. The van der Waals surface area contributed by atoms with Gasteiger partial charge in [0.05, 0.1) is 12.6 Å². The summed E-state index contributed by atoms with van der Waals surface area (Å²) >= 11 is 0. The molecule has 21 heavy (non-hydrogen) atoms. The van der Waals surface area contributed by atoms with Gasteiger partial charge in [0.2, 0.25) is 0 Å². The van der Waals surface area contributed by atoms with Crippen LogP contribution in [0.5, 0.6) is 5.75 Å². The van der Waals surface area contributed by atoms with Crippen molar-refractivity contribution in [3.63, 3.8) is 0 Å². The van der Waals surface area contributed by atoms with E-state index >= 15 is 0 Å². The van der Waals surface area contributed by atoms with E-state index in [2.05, 4.69) is 12.2 Å². The molecule has 3 heteroatoms. The minimum absolute atomic E-state index is 0.0269. The Hall–Kier alpha value is -1.87. The number of rotatable bonds is 6. The first-order chi connectivity index (χ1) is 10.2. The largest absolute Gasteiger partial charge is 0.494 e. The van der Waals surface area contributed by atoms with Crippen LogP contribution < -0.4 is 10.1 Å². The molecule has 2 aromatic rings. The summed E-state index contributed by atoms with van der Waals surface area (Å²) in [7, 11) is 1.89. The fourth-order valence-electron chi connectivity index (χ4n) is 2.40. The van der Waals surface area contributed by atoms with Gasteiger partial charge in [-0.3, -0.25) is 0 Å². The number of ether oxygens (including phenoxy) is 1. The van der Waals surface area contributed by atoms with Crippen molar-refractivity contribution >= 4 is 0 Å². The minimum atomic E-state index is -0.209. The summed E-state index contributed by atoms with van der Waals surface area (Å²) in [5.74, 6) is 0.658. The SMILES string of the molecule is CCCOc1ccc(C(NC)c2cc(F)ccc2C)cc1. The summed E-state index contributed by atoms with van der Waals surface area (Å²) in [6, 6.07) is 12.8. The lowest BCUT2D eigenvalue weighted by molar-refractivity contribution is 0.317. The minimum Gasteiger partial charge on any atom is -0.494 e. The highest BCUT2D eigenvalue weighted by Crippen LogP contribution is 2.26. The number of benzene rings is 2. The molecule has 1 unspecified atom stereocenters. The third-order valence-electron chi connectivity index (χ3n) is 3.53. The third kappa shape index (κ3) is 3.82. The average molecular weight is 287 g/mol. The first kappa shape index (κ1) is 15.5. The van der Waals surface area contributed by atoms with E-state index in [-0.39, 0.29) is 11.9 Å². The Labute approximate surface area is 126 Å². The number of nitrogens with one attached hydrogen (secondary N) is 1. The van der Waals surface area contributed by atoms with Gasteiger partial charge >= 0.3 is 0 Å². The van der Waals surface area contributed by atoms with Crippen molar-refractivity contribution in [3.05, 3.63) is 65.0 Å². The number of hydrogen-bond acceptors (Lipinski definition) is 2. The predicted molar refractivity (Wildman–Crippen MR) is 84.3 cm³/mol. The number of aryl methyl sites for hydroxylation is 1. The van der Waals surface area contributed by atoms with E-state index in [4.69, 9.17) is 4.74 Å². The second-order valence-electron chi connectivity index (χ2n) is 5.14. The summed E-state index contributed by atoms with van der Waals surface area (Å²) in [6.45, 7) is 4.80. The van der Waals surface area contributed by atoms with Gasteiger partial charge in [-0.25, -0.2) is 4.39 Å². The van der Waals surface area contributed by atoms with Crippen LogP contribution in [-0.2, 0) is 0 Å². The molecule has 0 heterocycles. The molecule has 0 spiro atoms. The van der Waals surface area contributed by atoms with Gasteiger partial charge in [-0.1, -0.05) is 25.1 Å². The summed E-state index contributed by atoms with van der Waals surface area (Å²) in [5, 5.41) is 3.26. The summed E-state index contributed by atoms with van der Waals surface area (Å²) in [6.07, 6.45) is 0.989. The predicted octanol–water partition coefficient (Wildman–Crippen LogP) is 4.23. The van der Waals surface area contributed by atoms with Gasteiger partial charge in [0.1, 0.15) is 11.6 Å². The Bertz CT molecular complexity index is 580. The fourth-order valence-corrected chi connectivity index (χ4v) is 2.40. The highest BCUT2D eigenvalue weighted by Gasteiger charge is 2.15. The monoisotopic (exact) mass is 287 g/mol. The maximum atomic E-state index is 13.5. The van der Waals surface area contributed by atoms with E-state index in [0.717, 1.165) is 35.5 Å². The molecule has 0 aromatic heterocycles. The maximum Gasteiger partial charge on any atom is 0.123 e. The molecule has 0 bridgehead atoms. The van der Waals surface area contributed by atoms with Gasteiger partial charge in [0, 0.05) is 0 Å². The van der Waals surface area contributed by atoms with Crippen LogP contribution in [0.4, 0.5) is 4.39 Å². The van der Waals surface area contributed by atoms with E-state index in [1.165, 1.54) is 6.07 Å². The molecule has 2 nitrogen and oxygen atoms in total. The van der Waals surface area contributed by atoms with Crippen molar-refractivity contribution in [2.75, 3.05) is 13.7 Å². The van der Waals surface area contributed by atoms with Gasteiger partial charge in [0.25, 0.3) is 0 Å². The highest BCUT2D eigenvalue weighted by molar-refractivity contribution is 5.39. The number of halogens is 1. The van der Waals surface area contributed by atoms with Crippen molar-refractivity contribution in [3.8, 4) is 5.75 Å². The van der Waals surface area contributed by atoms with E-state index in [0.29, 0.717) is 0 Å². The topological polar surface area (TPSA) is 21.3 Å². The lowest BCUT2D eigenvalue weighted by Gasteiger charge is -2.20. The zero-order chi connectivity index (χ0) is 15.2. The molecule has 0 aliphatic heterocycles. The molecule has 1 N–H and O–H groups in total. The molecule has 2 aromatic carbocycles. The molecule has 0 saturated heterocycles. The maximum absolute atomic E-state index is 13.5. The van der Waals surface area contributed by atoms with Crippen LogP contribution in [0.1, 0.15) is 36.1 Å². The van der Waals surface area contributed by atoms with Crippen molar-refractivity contribution in [2.24, 2.45) is 0 Å². The zero-order valence-electron chi connectivity index (χ0n) is 12.8. The van der Waals surface area contributed by atoms with E-state index < -0.39 is 0 Å². The van der Waals surface area contributed by atoms with Crippen LogP contribution in [0.2, 0.25) is 0 Å². The average Bonchev–Trinajstić information content (AvgIpc) is 2.50. The second kappa shape index (κ2) is 7.23. The smallest absolute Gasteiger partial charge is 0.123 e. The summed E-state index contributed by atoms with van der Waals surface area (Å²) in [4.78, 5) is 0. The van der Waals surface area contributed by atoms with Crippen molar-refractivity contribution in [2.45, 2.75) is 26.3 Å². The van der Waals surface area contributed by atoms with Crippen molar-refractivity contribution in [1.29, 1.82) is 0 Å². The van der Waals surface area contributed by atoms with Crippen LogP contribution in [-0.4, -0.2) is 13.7 Å². The van der Waals surface area contributed by atoms with Crippen LogP contribution in [0.3, 0.4) is 0 Å². The summed E-state index contributed by atoms with van der Waals surface area (Å²) in [5.41, 5.74) is 3.12. The van der Waals surface area contributed by atoms with Gasteiger partial charge in [0.15, 0.2) is 0 Å². The Kier molecular flexibility index (Phi) is 5.34. The molecule has 0 fully saturated rings. The van der Waals surface area contributed by atoms with Gasteiger partial charge in [-0.15, -0.1) is 0 Å². The van der Waals surface area contributed by atoms with Gasteiger partial charge in [-0.2, -0.15) is 0 Å². The van der Waals surface area contributed by atoms with Crippen LogP contribution in [0.15, 0.2) is 42.5 Å². The second-order valence-corrected chi connectivity index (χ2v) is 5.14. The standard InChI is InChI=1S/C18H22FNO/c1-4-11-21-16-9-6-14(7-10-16)18(20-3)17-12-15(19)8-5-13(17)2/h5-10,12,18,20H,4,11H2,1-3H3. The van der Waals surface area contributed by atoms with E-state index in [1.807, 2.05) is 44.3 Å². The quantitative estimate of drug-likeness (QED) is 0.858. The lowest BCUT2D eigenvalue weighted by Crippen LogP contribution is -2.18. The molecular formula is C18H22FNO. The molecule has 0 aliphatic rings. The van der Waals surface area contributed by atoms with Gasteiger partial charge < -0.3 is 10.1 Å².